The van der Waals surface area contributed by atoms with Crippen molar-refractivity contribution in [2.24, 2.45) is 23.7 Å². The first-order valence-electron chi connectivity index (χ1n) is 14.9. The van der Waals surface area contributed by atoms with Crippen LogP contribution in [0.1, 0.15) is 85.9 Å². The van der Waals surface area contributed by atoms with E-state index in [0.29, 0.717) is 11.8 Å². The maximum Gasteiger partial charge on any atom is 0.423 e. The summed E-state index contributed by atoms with van der Waals surface area (Å²) in [6.45, 7) is 4.37. The highest BCUT2D eigenvalue weighted by molar-refractivity contribution is 6.47. The van der Waals surface area contributed by atoms with E-state index < -0.39 is 46.5 Å². The van der Waals surface area contributed by atoms with Crippen LogP contribution < -0.4 is 9.47 Å². The van der Waals surface area contributed by atoms with Gasteiger partial charge in [0.2, 0.25) is 0 Å². The van der Waals surface area contributed by atoms with Crippen molar-refractivity contribution in [2.75, 3.05) is 13.2 Å². The molecule has 0 radical (unpaired) electrons. The molecule has 46 heavy (non-hydrogen) atoms. The summed E-state index contributed by atoms with van der Waals surface area (Å²) in [6, 6.07) is 2.27. The van der Waals surface area contributed by atoms with Crippen molar-refractivity contribution in [3.05, 3.63) is 53.4 Å². The van der Waals surface area contributed by atoms with E-state index in [2.05, 4.69) is 13.8 Å². The molecule has 250 valence electrons. The first kappa shape index (κ1) is 36.9. The predicted molar refractivity (Wildman–Crippen MR) is 177 cm³/mol. The third-order valence-corrected chi connectivity index (χ3v) is 10.8. The van der Waals surface area contributed by atoms with Gasteiger partial charge in [-0.3, -0.25) is 0 Å². The summed E-state index contributed by atoms with van der Waals surface area (Å²) in [7, 11) is 0. The van der Waals surface area contributed by atoms with Crippen molar-refractivity contribution in [1.82, 2.24) is 0 Å². The molecule has 2 aromatic rings. The monoisotopic (exact) mass is 754 g/mol. The summed E-state index contributed by atoms with van der Waals surface area (Å²) in [5.74, 6) is -5.34. The fourth-order valence-electron chi connectivity index (χ4n) is 5.78. The minimum atomic E-state index is -1.63. The molecule has 2 saturated carbocycles. The Labute approximate surface area is 297 Å². The number of rotatable bonds is 8. The van der Waals surface area contributed by atoms with Crippen LogP contribution in [-0.2, 0) is 19.1 Å². The molecule has 2 fully saturated rings. The highest BCUT2D eigenvalue weighted by Crippen LogP contribution is 2.42. The Morgan fingerprint density at radius 2 is 0.935 bits per heavy atom. The molecule has 4 rings (SSSR count). The first-order chi connectivity index (χ1) is 21.8. The molecule has 0 amide bonds. The lowest BCUT2D eigenvalue weighted by Crippen LogP contribution is -2.28. The van der Waals surface area contributed by atoms with E-state index in [-0.39, 0.29) is 55.2 Å². The Bertz CT molecular complexity index is 1400. The zero-order valence-corrected chi connectivity index (χ0v) is 29.6. The number of esters is 4. The highest BCUT2D eigenvalue weighted by Gasteiger charge is 2.33. The van der Waals surface area contributed by atoms with Crippen LogP contribution in [-0.4, -0.2) is 37.1 Å². The van der Waals surface area contributed by atoms with Gasteiger partial charge in [0, 0.05) is 0 Å². The van der Waals surface area contributed by atoms with Crippen molar-refractivity contribution >= 4 is 93.5 Å². The molecule has 0 bridgehead atoms. The third-order valence-electron chi connectivity index (χ3n) is 8.65. The van der Waals surface area contributed by atoms with Crippen molar-refractivity contribution in [2.45, 2.75) is 65.2 Å². The van der Waals surface area contributed by atoms with E-state index in [1.54, 1.807) is 0 Å². The van der Waals surface area contributed by atoms with Gasteiger partial charge in [0.05, 0.1) is 43.3 Å². The van der Waals surface area contributed by atoms with E-state index in [1.807, 2.05) is 0 Å². The van der Waals surface area contributed by atoms with E-state index >= 15 is 0 Å². The Morgan fingerprint density at radius 3 is 1.28 bits per heavy atom. The Morgan fingerprint density at radius 1 is 0.587 bits per heavy atom. The standard InChI is InChI=1S/C32H32Cl6O8/c1-15-7-3-5-9-17(15)13-43-29(39)23-25(37)19(33)11-21(35)27(23)45-31(41)32(42)46-28-22(36)12-20(34)26(38)24(28)30(40)44-14-18-10-6-4-8-16(18)2/h11-12,15-18H,3-10,13-14H2,1-2H3. The third kappa shape index (κ3) is 8.74. The summed E-state index contributed by atoms with van der Waals surface area (Å²) in [4.78, 5) is 52.4. The van der Waals surface area contributed by atoms with Gasteiger partial charge >= 0.3 is 23.9 Å². The molecule has 4 unspecified atom stereocenters. The molecule has 2 aliphatic rings. The molecule has 8 nitrogen and oxygen atoms in total. The largest absolute Gasteiger partial charge is 0.462 e. The highest BCUT2D eigenvalue weighted by atomic mass is 35.5. The van der Waals surface area contributed by atoms with Crippen molar-refractivity contribution in [1.29, 1.82) is 0 Å². The van der Waals surface area contributed by atoms with Gasteiger partial charge in [0.25, 0.3) is 0 Å². The molecule has 0 saturated heterocycles. The van der Waals surface area contributed by atoms with Crippen molar-refractivity contribution in [3.63, 3.8) is 0 Å². The number of hydrogen-bond donors (Lipinski definition) is 0. The lowest BCUT2D eigenvalue weighted by atomic mass is 9.81. The van der Waals surface area contributed by atoms with Gasteiger partial charge in [0.1, 0.15) is 11.1 Å². The topological polar surface area (TPSA) is 105 Å². The molecule has 14 heteroatoms. The van der Waals surface area contributed by atoms with Crippen LogP contribution >= 0.6 is 69.6 Å². The van der Waals surface area contributed by atoms with Crippen LogP contribution in [0.4, 0.5) is 0 Å². The van der Waals surface area contributed by atoms with Crippen LogP contribution in [0.5, 0.6) is 11.5 Å². The number of carbonyl (C=O) groups is 4. The quantitative estimate of drug-likeness (QED) is 0.113. The second-order valence-corrected chi connectivity index (χ2v) is 14.1. The van der Waals surface area contributed by atoms with Crippen LogP contribution in [0.3, 0.4) is 0 Å². The van der Waals surface area contributed by atoms with Gasteiger partial charge in [0.15, 0.2) is 11.5 Å². The summed E-state index contributed by atoms with van der Waals surface area (Å²) in [6.07, 6.45) is 8.04. The Kier molecular flexibility index (Phi) is 13.2. The number of hydrogen-bond acceptors (Lipinski definition) is 8. The normalized spacial score (nSPS) is 21.3. The molecule has 0 spiro atoms. The molecule has 2 aliphatic carbocycles. The predicted octanol–water partition coefficient (Wildman–Crippen LogP) is 10.1. The number of benzene rings is 2. The van der Waals surface area contributed by atoms with Gasteiger partial charge in [-0.1, -0.05) is 122 Å². The second kappa shape index (κ2) is 16.4. The Balaban J connectivity index is 1.53. The van der Waals surface area contributed by atoms with Gasteiger partial charge < -0.3 is 18.9 Å². The molecular formula is C32H32Cl6O8. The Hall–Kier alpha value is -1.94. The van der Waals surface area contributed by atoms with Crippen LogP contribution in [0, 0.1) is 23.7 Å². The zero-order chi connectivity index (χ0) is 33.7. The number of carbonyl (C=O) groups excluding carboxylic acids is 4. The van der Waals surface area contributed by atoms with Crippen LogP contribution in [0.15, 0.2) is 12.1 Å². The maximum absolute atomic E-state index is 13.2. The van der Waals surface area contributed by atoms with E-state index in [9.17, 15) is 19.2 Å². The van der Waals surface area contributed by atoms with Crippen LogP contribution in [0.25, 0.3) is 0 Å². The van der Waals surface area contributed by atoms with Crippen molar-refractivity contribution < 1.29 is 38.1 Å². The van der Waals surface area contributed by atoms with Crippen LogP contribution in [0.2, 0.25) is 30.1 Å². The fourth-order valence-corrected chi connectivity index (χ4v) is 7.22. The van der Waals surface area contributed by atoms with Gasteiger partial charge in [-0.2, -0.15) is 0 Å². The van der Waals surface area contributed by atoms with Crippen molar-refractivity contribution in [3.8, 4) is 11.5 Å². The SMILES string of the molecule is CC1CCCCC1COC(=O)c1c(Cl)c(Cl)cc(Cl)c1OC(=O)C(=O)Oc1c(Cl)cc(Cl)c(Cl)c1C(=O)OCC1CCCCC1C. The summed E-state index contributed by atoms with van der Waals surface area (Å²) < 4.78 is 21.4. The molecule has 0 N–H and O–H groups in total. The number of ether oxygens (including phenoxy) is 4. The lowest BCUT2D eigenvalue weighted by molar-refractivity contribution is -0.156. The molecule has 0 aromatic heterocycles. The fraction of sp³-hybridized carbons (Fsp3) is 0.500. The van der Waals surface area contributed by atoms with Gasteiger partial charge in [-0.25, -0.2) is 19.2 Å². The first-order valence-corrected chi connectivity index (χ1v) is 17.2. The van der Waals surface area contributed by atoms with Gasteiger partial charge in [-0.15, -0.1) is 0 Å². The molecular weight excluding hydrogens is 725 g/mol. The number of halogens is 6. The van der Waals surface area contributed by atoms with E-state index in [0.717, 1.165) is 63.5 Å². The van der Waals surface area contributed by atoms with Gasteiger partial charge in [-0.05, 0) is 48.6 Å². The smallest absolute Gasteiger partial charge is 0.423 e. The lowest BCUT2D eigenvalue weighted by Gasteiger charge is -2.28. The molecule has 0 heterocycles. The van der Waals surface area contributed by atoms with E-state index in [4.69, 9.17) is 88.6 Å². The zero-order valence-electron chi connectivity index (χ0n) is 25.1. The molecule has 2 aromatic carbocycles. The average molecular weight is 757 g/mol. The maximum atomic E-state index is 13.2. The summed E-state index contributed by atoms with van der Waals surface area (Å²) >= 11 is 37.5. The molecule has 4 atom stereocenters. The minimum Gasteiger partial charge on any atom is -0.462 e. The second-order valence-electron chi connectivity index (χ2n) is 11.7. The minimum absolute atomic E-state index is 0.101. The summed E-state index contributed by atoms with van der Waals surface area (Å²) in [5.41, 5.74) is -0.893. The average Bonchev–Trinajstić information content (AvgIpc) is 3.01. The molecule has 0 aliphatic heterocycles. The van der Waals surface area contributed by atoms with E-state index in [1.165, 1.54) is 0 Å². The summed E-state index contributed by atoms with van der Waals surface area (Å²) in [5, 5.41) is -1.42.